The summed E-state index contributed by atoms with van der Waals surface area (Å²) < 4.78 is 1.77. The molecule has 7 heteroatoms. The molecule has 0 fully saturated rings. The normalized spacial score (nSPS) is 14.9. The molecule has 1 aromatic heterocycles. The van der Waals surface area contributed by atoms with E-state index in [2.05, 4.69) is 10.6 Å². The van der Waals surface area contributed by atoms with Crippen molar-refractivity contribution in [3.8, 4) is 16.9 Å². The summed E-state index contributed by atoms with van der Waals surface area (Å²) in [6.07, 6.45) is 0.474. The van der Waals surface area contributed by atoms with Gasteiger partial charge in [0, 0.05) is 28.3 Å². The second-order valence-electron chi connectivity index (χ2n) is 8.34. The Morgan fingerprint density at radius 3 is 2.50 bits per heavy atom. The van der Waals surface area contributed by atoms with Gasteiger partial charge in [0.25, 0.3) is 0 Å². The Labute approximate surface area is 202 Å². The van der Waals surface area contributed by atoms with E-state index in [0.29, 0.717) is 22.9 Å². The van der Waals surface area contributed by atoms with Crippen molar-refractivity contribution in [1.29, 1.82) is 0 Å². The van der Waals surface area contributed by atoms with E-state index in [4.69, 9.17) is 16.7 Å². The van der Waals surface area contributed by atoms with Crippen molar-refractivity contribution in [3.63, 3.8) is 0 Å². The maximum Gasteiger partial charge on any atom is 0.229 e. The zero-order chi connectivity index (χ0) is 23.7. The summed E-state index contributed by atoms with van der Waals surface area (Å²) in [6.45, 7) is 1.85. The van der Waals surface area contributed by atoms with Gasteiger partial charge in [-0.2, -0.15) is 5.10 Å². The minimum Gasteiger partial charge on any atom is -0.326 e. The summed E-state index contributed by atoms with van der Waals surface area (Å²) in [5.41, 5.74) is 4.98. The topological polar surface area (TPSA) is 76.0 Å². The molecule has 1 atom stereocenters. The van der Waals surface area contributed by atoms with Gasteiger partial charge in [-0.05, 0) is 43.2 Å². The number of amides is 2. The van der Waals surface area contributed by atoms with Gasteiger partial charge in [-0.1, -0.05) is 66.2 Å². The Morgan fingerprint density at radius 1 is 1.06 bits per heavy atom. The molecule has 0 saturated carbocycles. The van der Waals surface area contributed by atoms with Gasteiger partial charge in [-0.3, -0.25) is 9.59 Å². The lowest BCUT2D eigenvalue weighted by atomic mass is 9.90. The Kier molecular flexibility index (Phi) is 5.90. The molecule has 3 aromatic carbocycles. The fourth-order valence-corrected chi connectivity index (χ4v) is 4.42. The highest BCUT2D eigenvalue weighted by Crippen LogP contribution is 2.37. The van der Waals surface area contributed by atoms with Crippen LogP contribution in [0, 0.1) is 12.8 Å². The maximum atomic E-state index is 13.0. The fraction of sp³-hybridized carbons (Fsp3) is 0.148. The van der Waals surface area contributed by atoms with Crippen LogP contribution in [0.15, 0.2) is 78.9 Å². The van der Waals surface area contributed by atoms with Crippen LogP contribution in [0.4, 0.5) is 11.5 Å². The molecular formula is C27H23ClN4O2. The van der Waals surface area contributed by atoms with Gasteiger partial charge < -0.3 is 10.6 Å². The standard InChI is InChI=1S/C27H23ClN4O2/c1-17-22(28)13-8-14-23(17)29-24(33)16-19-15-21-25(18-9-4-2-5-10-18)31-32(26(21)30-27(19)34)20-11-6-3-7-12-20/h2-14,19H,15-16H2,1H3,(H,29,33)(H,30,34). The van der Waals surface area contributed by atoms with Gasteiger partial charge in [-0.15, -0.1) is 0 Å². The molecule has 5 rings (SSSR count). The molecule has 1 aliphatic rings. The zero-order valence-corrected chi connectivity index (χ0v) is 19.3. The van der Waals surface area contributed by atoms with Crippen molar-refractivity contribution >= 4 is 34.9 Å². The summed E-state index contributed by atoms with van der Waals surface area (Å²) in [7, 11) is 0. The van der Waals surface area contributed by atoms with Gasteiger partial charge >= 0.3 is 0 Å². The lowest BCUT2D eigenvalue weighted by Crippen LogP contribution is -2.33. The summed E-state index contributed by atoms with van der Waals surface area (Å²) in [5.74, 6) is -0.284. The third-order valence-electron chi connectivity index (χ3n) is 6.07. The van der Waals surface area contributed by atoms with Gasteiger partial charge in [0.2, 0.25) is 11.8 Å². The van der Waals surface area contributed by atoms with Crippen LogP contribution < -0.4 is 10.6 Å². The Bertz CT molecular complexity index is 1370. The Hall–Kier alpha value is -3.90. The van der Waals surface area contributed by atoms with Crippen molar-refractivity contribution in [3.05, 3.63) is 95.0 Å². The number of nitrogens with zero attached hydrogens (tertiary/aromatic N) is 2. The van der Waals surface area contributed by atoms with Crippen LogP contribution in [0.25, 0.3) is 16.9 Å². The van der Waals surface area contributed by atoms with E-state index in [1.807, 2.05) is 67.6 Å². The average Bonchev–Trinajstić information content (AvgIpc) is 3.21. The Morgan fingerprint density at radius 2 is 1.76 bits per heavy atom. The smallest absolute Gasteiger partial charge is 0.229 e. The number of fused-ring (bicyclic) bond motifs is 1. The van der Waals surface area contributed by atoms with E-state index in [0.717, 1.165) is 28.1 Å². The molecule has 0 aliphatic carbocycles. The predicted molar refractivity (Wildman–Crippen MR) is 134 cm³/mol. The van der Waals surface area contributed by atoms with Crippen molar-refractivity contribution < 1.29 is 9.59 Å². The molecule has 34 heavy (non-hydrogen) atoms. The minimum atomic E-state index is -0.511. The highest BCUT2D eigenvalue weighted by Gasteiger charge is 2.34. The molecule has 4 aromatic rings. The minimum absolute atomic E-state index is 0.0575. The lowest BCUT2D eigenvalue weighted by molar-refractivity contribution is -0.125. The number of halogens is 1. The summed E-state index contributed by atoms with van der Waals surface area (Å²) >= 11 is 6.17. The molecule has 170 valence electrons. The molecule has 0 spiro atoms. The van der Waals surface area contributed by atoms with Crippen LogP contribution in [-0.2, 0) is 16.0 Å². The van der Waals surface area contributed by atoms with Crippen LogP contribution in [0.3, 0.4) is 0 Å². The number of carbonyl (C=O) groups excluding carboxylic acids is 2. The van der Waals surface area contributed by atoms with E-state index in [9.17, 15) is 9.59 Å². The van der Waals surface area contributed by atoms with Crippen molar-refractivity contribution in [2.24, 2.45) is 5.92 Å². The second-order valence-corrected chi connectivity index (χ2v) is 8.75. The molecular weight excluding hydrogens is 448 g/mol. The number of anilines is 2. The third-order valence-corrected chi connectivity index (χ3v) is 6.48. The largest absolute Gasteiger partial charge is 0.326 e. The van der Waals surface area contributed by atoms with E-state index in [1.165, 1.54) is 0 Å². The van der Waals surface area contributed by atoms with Crippen molar-refractivity contribution in [2.45, 2.75) is 19.8 Å². The van der Waals surface area contributed by atoms with Crippen LogP contribution in [0.1, 0.15) is 17.5 Å². The summed E-state index contributed by atoms with van der Waals surface area (Å²) in [4.78, 5) is 25.9. The average molecular weight is 471 g/mol. The van der Waals surface area contributed by atoms with Gasteiger partial charge in [0.05, 0.1) is 17.3 Å². The van der Waals surface area contributed by atoms with Crippen LogP contribution in [-0.4, -0.2) is 21.6 Å². The molecule has 6 nitrogen and oxygen atoms in total. The van der Waals surface area contributed by atoms with Crippen LogP contribution in [0.5, 0.6) is 0 Å². The second kappa shape index (κ2) is 9.15. The molecule has 1 unspecified atom stereocenters. The summed E-state index contributed by atoms with van der Waals surface area (Å²) in [6, 6.07) is 24.9. The van der Waals surface area contributed by atoms with E-state index < -0.39 is 5.92 Å². The first kappa shape index (κ1) is 21.9. The zero-order valence-electron chi connectivity index (χ0n) is 18.6. The maximum absolute atomic E-state index is 13.0. The number of nitrogens with one attached hydrogen (secondary N) is 2. The third kappa shape index (κ3) is 4.20. The Balaban J connectivity index is 1.46. The van der Waals surface area contributed by atoms with Gasteiger partial charge in [0.15, 0.2) is 0 Å². The molecule has 2 N–H and O–H groups in total. The van der Waals surface area contributed by atoms with E-state index >= 15 is 0 Å². The summed E-state index contributed by atoms with van der Waals surface area (Å²) in [5, 5.41) is 11.4. The van der Waals surface area contributed by atoms with Crippen LogP contribution >= 0.6 is 11.6 Å². The number of rotatable bonds is 5. The number of para-hydroxylation sites is 1. The highest BCUT2D eigenvalue weighted by molar-refractivity contribution is 6.31. The van der Waals surface area contributed by atoms with E-state index in [1.54, 1.807) is 22.9 Å². The monoisotopic (exact) mass is 470 g/mol. The van der Waals surface area contributed by atoms with E-state index in [-0.39, 0.29) is 18.2 Å². The number of carbonyl (C=O) groups is 2. The molecule has 2 heterocycles. The molecule has 2 amide bonds. The molecule has 0 radical (unpaired) electrons. The molecule has 1 aliphatic heterocycles. The number of benzene rings is 3. The predicted octanol–water partition coefficient (Wildman–Crippen LogP) is 5.64. The quantitative estimate of drug-likeness (QED) is 0.396. The van der Waals surface area contributed by atoms with Crippen molar-refractivity contribution in [1.82, 2.24) is 9.78 Å². The molecule has 0 bridgehead atoms. The SMILES string of the molecule is Cc1c(Cl)cccc1NC(=O)CC1Cc2c(-c3ccccc3)nn(-c3ccccc3)c2NC1=O. The highest BCUT2D eigenvalue weighted by atomic mass is 35.5. The van der Waals surface area contributed by atoms with Gasteiger partial charge in [0.1, 0.15) is 5.82 Å². The first-order valence-electron chi connectivity index (χ1n) is 11.1. The molecule has 0 saturated heterocycles. The first-order chi connectivity index (χ1) is 16.5. The number of aromatic nitrogens is 2. The fourth-order valence-electron chi connectivity index (χ4n) is 4.25. The number of hydrogen-bond acceptors (Lipinski definition) is 3. The number of hydrogen-bond donors (Lipinski definition) is 2. The van der Waals surface area contributed by atoms with Gasteiger partial charge in [-0.25, -0.2) is 4.68 Å². The van der Waals surface area contributed by atoms with Crippen LogP contribution in [0.2, 0.25) is 5.02 Å². The lowest BCUT2D eigenvalue weighted by Gasteiger charge is -2.23. The van der Waals surface area contributed by atoms with Crippen molar-refractivity contribution in [2.75, 3.05) is 10.6 Å². The first-order valence-corrected chi connectivity index (χ1v) is 11.5.